The van der Waals surface area contributed by atoms with Crippen LogP contribution in [0.25, 0.3) is 0 Å². The minimum absolute atomic E-state index is 0.131. The van der Waals surface area contributed by atoms with Crippen LogP contribution in [-0.4, -0.2) is 24.0 Å². The molecule has 0 aromatic rings. The van der Waals surface area contributed by atoms with E-state index >= 15 is 0 Å². The predicted octanol–water partition coefficient (Wildman–Crippen LogP) is 2.89. The maximum absolute atomic E-state index is 12.5. The third-order valence-corrected chi connectivity index (χ3v) is 8.52. The van der Waals surface area contributed by atoms with Crippen LogP contribution in [0.15, 0.2) is 0 Å². The van der Waals surface area contributed by atoms with Crippen molar-refractivity contribution >= 4 is 18.0 Å². The van der Waals surface area contributed by atoms with Crippen LogP contribution < -0.4 is 5.32 Å². The van der Waals surface area contributed by atoms with Crippen molar-refractivity contribution in [3.63, 3.8) is 0 Å². The van der Waals surface area contributed by atoms with Crippen molar-refractivity contribution in [3.05, 3.63) is 0 Å². The molecule has 4 nitrogen and oxygen atoms in total. The molecule has 7 atom stereocenters. The number of nitrogens with one attached hydrogen (secondary N) is 1. The van der Waals surface area contributed by atoms with E-state index in [1.807, 2.05) is 0 Å². The topological polar surface area (TPSA) is 63.2 Å². The molecule has 1 amide bonds. The first-order valence-corrected chi connectivity index (χ1v) is 9.65. The number of carbonyl (C=O) groups excluding carboxylic acids is 3. The molecule has 4 saturated carbocycles. The molecule has 0 spiro atoms. The number of ketones is 2. The summed E-state index contributed by atoms with van der Waals surface area (Å²) in [6.45, 7) is 4.55. The Kier molecular flexibility index (Phi) is 3.67. The highest BCUT2D eigenvalue weighted by Gasteiger charge is 2.62. The summed E-state index contributed by atoms with van der Waals surface area (Å²) in [6, 6.07) is 0.131. The van der Waals surface area contributed by atoms with Gasteiger partial charge in [0.25, 0.3) is 0 Å². The fraction of sp³-hybridized carbons (Fsp3) is 0.850. The highest BCUT2D eigenvalue weighted by Crippen LogP contribution is 2.65. The second-order valence-corrected chi connectivity index (χ2v) is 9.28. The fourth-order valence-electron chi connectivity index (χ4n) is 7.09. The molecular formula is C20H29NO3. The first kappa shape index (κ1) is 16.3. The van der Waals surface area contributed by atoms with Crippen LogP contribution in [0.2, 0.25) is 0 Å². The molecule has 0 aromatic carbocycles. The molecule has 0 heterocycles. The Morgan fingerprint density at radius 3 is 2.62 bits per heavy atom. The minimum atomic E-state index is -0.183. The first-order chi connectivity index (χ1) is 11.4. The van der Waals surface area contributed by atoms with E-state index in [0.29, 0.717) is 54.5 Å². The largest absolute Gasteiger partial charge is 0.356 e. The SMILES string of the molecule is C[C@]12CCC(=O)CC1CC(NC=O)[C@@H]1[C@H]2CC[C@]2(C)C(=O)CC[C@@H]12. The molecule has 0 bridgehead atoms. The van der Waals surface area contributed by atoms with Crippen LogP contribution in [0.1, 0.15) is 65.2 Å². The highest BCUT2D eigenvalue weighted by molar-refractivity contribution is 5.87. The molecule has 4 fully saturated rings. The molecule has 0 saturated heterocycles. The van der Waals surface area contributed by atoms with Gasteiger partial charge in [-0.3, -0.25) is 14.4 Å². The Balaban J connectivity index is 1.72. The van der Waals surface area contributed by atoms with Gasteiger partial charge < -0.3 is 5.32 Å². The van der Waals surface area contributed by atoms with Crippen molar-refractivity contribution in [1.82, 2.24) is 5.32 Å². The van der Waals surface area contributed by atoms with Gasteiger partial charge in [-0.15, -0.1) is 0 Å². The molecule has 4 rings (SSSR count). The highest BCUT2D eigenvalue weighted by atomic mass is 16.1. The lowest BCUT2D eigenvalue weighted by Gasteiger charge is -2.61. The Bertz CT molecular complexity index is 587. The minimum Gasteiger partial charge on any atom is -0.356 e. The van der Waals surface area contributed by atoms with E-state index in [4.69, 9.17) is 0 Å². The third kappa shape index (κ3) is 2.07. The summed E-state index contributed by atoms with van der Waals surface area (Å²) in [5, 5.41) is 3.09. The van der Waals surface area contributed by atoms with Gasteiger partial charge in [-0.2, -0.15) is 0 Å². The second kappa shape index (κ2) is 5.40. The van der Waals surface area contributed by atoms with Crippen molar-refractivity contribution in [3.8, 4) is 0 Å². The van der Waals surface area contributed by atoms with E-state index in [0.717, 1.165) is 38.5 Å². The van der Waals surface area contributed by atoms with Crippen LogP contribution in [0, 0.1) is 34.5 Å². The van der Waals surface area contributed by atoms with E-state index in [1.54, 1.807) is 0 Å². The summed E-state index contributed by atoms with van der Waals surface area (Å²) in [7, 11) is 0. The van der Waals surface area contributed by atoms with Gasteiger partial charge in [0.05, 0.1) is 0 Å². The van der Waals surface area contributed by atoms with Gasteiger partial charge >= 0.3 is 0 Å². The van der Waals surface area contributed by atoms with Crippen LogP contribution in [0.5, 0.6) is 0 Å². The molecule has 1 N–H and O–H groups in total. The summed E-state index contributed by atoms with van der Waals surface area (Å²) < 4.78 is 0. The standard InChI is InChI=1S/C20H29NO3/c1-19-7-5-13(23)9-12(19)10-16(21-11-22)18-14-3-4-17(24)20(14,2)8-6-15(18)19/h11-12,14-16,18H,3-10H2,1-2H3,(H,21,22)/t12?,14-,15+,16?,18-,19-,20-/m0/s1. The number of hydrogen-bond acceptors (Lipinski definition) is 3. The summed E-state index contributed by atoms with van der Waals surface area (Å²) in [6.07, 6.45) is 7.86. The first-order valence-electron chi connectivity index (χ1n) is 9.65. The molecule has 132 valence electrons. The molecular weight excluding hydrogens is 302 g/mol. The molecule has 4 aliphatic rings. The molecule has 4 aliphatic carbocycles. The molecule has 0 aliphatic heterocycles. The average Bonchev–Trinajstić information content (AvgIpc) is 2.85. The zero-order valence-corrected chi connectivity index (χ0v) is 14.8. The van der Waals surface area contributed by atoms with Crippen molar-refractivity contribution < 1.29 is 14.4 Å². The number of rotatable bonds is 2. The van der Waals surface area contributed by atoms with Crippen LogP contribution in [0.3, 0.4) is 0 Å². The lowest BCUT2D eigenvalue weighted by Crippen LogP contribution is -2.61. The van der Waals surface area contributed by atoms with Crippen molar-refractivity contribution in [1.29, 1.82) is 0 Å². The quantitative estimate of drug-likeness (QED) is 0.791. The predicted molar refractivity (Wildman–Crippen MR) is 90.1 cm³/mol. The van der Waals surface area contributed by atoms with Gasteiger partial charge in [-0.1, -0.05) is 13.8 Å². The van der Waals surface area contributed by atoms with Crippen LogP contribution in [-0.2, 0) is 14.4 Å². The number of Topliss-reactive ketones (excluding diaryl/α,β-unsaturated/α-hetero) is 2. The number of fused-ring (bicyclic) bond motifs is 5. The van der Waals surface area contributed by atoms with Gasteiger partial charge in [-0.25, -0.2) is 0 Å². The zero-order chi connectivity index (χ0) is 17.1. The molecule has 24 heavy (non-hydrogen) atoms. The Morgan fingerprint density at radius 2 is 1.88 bits per heavy atom. The second-order valence-electron chi connectivity index (χ2n) is 9.28. The van der Waals surface area contributed by atoms with Gasteiger partial charge in [-0.05, 0) is 61.2 Å². The van der Waals surface area contributed by atoms with Crippen molar-refractivity contribution in [2.45, 2.75) is 71.3 Å². The molecule has 4 heteroatoms. The molecule has 2 unspecified atom stereocenters. The fourth-order valence-corrected chi connectivity index (χ4v) is 7.09. The van der Waals surface area contributed by atoms with E-state index in [1.165, 1.54) is 0 Å². The third-order valence-electron chi connectivity index (χ3n) is 8.52. The summed E-state index contributed by atoms with van der Waals surface area (Å²) in [5.74, 6) is 2.54. The van der Waals surface area contributed by atoms with Gasteiger partial charge in [0.1, 0.15) is 11.6 Å². The van der Waals surface area contributed by atoms with E-state index in [-0.39, 0.29) is 16.9 Å². The number of hydrogen-bond donors (Lipinski definition) is 1. The van der Waals surface area contributed by atoms with E-state index in [9.17, 15) is 14.4 Å². The van der Waals surface area contributed by atoms with Crippen LogP contribution in [0.4, 0.5) is 0 Å². The zero-order valence-electron chi connectivity index (χ0n) is 14.8. The molecule has 0 radical (unpaired) electrons. The molecule has 0 aromatic heterocycles. The Hall–Kier alpha value is -1.19. The van der Waals surface area contributed by atoms with Gasteiger partial charge in [0.2, 0.25) is 6.41 Å². The van der Waals surface area contributed by atoms with Crippen LogP contribution >= 0.6 is 0 Å². The monoisotopic (exact) mass is 331 g/mol. The summed E-state index contributed by atoms with van der Waals surface area (Å²) >= 11 is 0. The van der Waals surface area contributed by atoms with Gasteiger partial charge in [0.15, 0.2) is 0 Å². The maximum Gasteiger partial charge on any atom is 0.207 e. The number of carbonyl (C=O) groups is 3. The lowest BCUT2D eigenvalue weighted by molar-refractivity contribution is -0.149. The van der Waals surface area contributed by atoms with Crippen molar-refractivity contribution in [2.75, 3.05) is 0 Å². The van der Waals surface area contributed by atoms with E-state index in [2.05, 4.69) is 19.2 Å². The van der Waals surface area contributed by atoms with Gasteiger partial charge in [0, 0.05) is 30.7 Å². The maximum atomic E-state index is 12.5. The Morgan fingerprint density at radius 1 is 1.08 bits per heavy atom. The number of amides is 1. The normalized spacial score (nSPS) is 50.7. The summed E-state index contributed by atoms with van der Waals surface area (Å²) in [5.41, 5.74) is 0.0181. The Labute approximate surface area is 144 Å². The smallest absolute Gasteiger partial charge is 0.207 e. The lowest BCUT2D eigenvalue weighted by atomic mass is 9.44. The van der Waals surface area contributed by atoms with E-state index < -0.39 is 0 Å². The summed E-state index contributed by atoms with van der Waals surface area (Å²) in [4.78, 5) is 35.8. The average molecular weight is 331 g/mol. The van der Waals surface area contributed by atoms with Crippen molar-refractivity contribution in [2.24, 2.45) is 34.5 Å².